The molecule has 0 saturated heterocycles. The van der Waals surface area contributed by atoms with Crippen molar-refractivity contribution in [2.75, 3.05) is 0 Å². The van der Waals surface area contributed by atoms with Crippen LogP contribution in [0.2, 0.25) is 0 Å². The van der Waals surface area contributed by atoms with Gasteiger partial charge in [-0.3, -0.25) is 4.79 Å². The molecule has 1 aromatic carbocycles. The first-order valence-electron chi connectivity index (χ1n) is 4.20. The standard InChI is InChI=1S/C10H7FN2O2/c11-7-8(6-4-2-1-3-5-6)13-15-9(7)10(12)14/h1-5H,(H2,12,14). The zero-order chi connectivity index (χ0) is 10.8. The predicted octanol–water partition coefficient (Wildman–Crippen LogP) is 1.58. The molecule has 1 amide bonds. The molecular weight excluding hydrogens is 199 g/mol. The summed E-state index contributed by atoms with van der Waals surface area (Å²) >= 11 is 0. The maximum Gasteiger partial charge on any atom is 0.290 e. The van der Waals surface area contributed by atoms with E-state index in [0.29, 0.717) is 5.56 Å². The van der Waals surface area contributed by atoms with E-state index >= 15 is 0 Å². The molecule has 4 nitrogen and oxygen atoms in total. The zero-order valence-electron chi connectivity index (χ0n) is 7.61. The van der Waals surface area contributed by atoms with Gasteiger partial charge in [0.05, 0.1) is 0 Å². The van der Waals surface area contributed by atoms with E-state index in [0.717, 1.165) is 0 Å². The van der Waals surface area contributed by atoms with Gasteiger partial charge in [0.1, 0.15) is 0 Å². The third-order valence-electron chi connectivity index (χ3n) is 1.91. The van der Waals surface area contributed by atoms with Crippen molar-refractivity contribution in [2.24, 2.45) is 5.73 Å². The van der Waals surface area contributed by atoms with Gasteiger partial charge in [0, 0.05) is 5.56 Å². The Bertz CT molecular complexity index is 493. The molecular formula is C10H7FN2O2. The fraction of sp³-hybridized carbons (Fsp3) is 0. The Hall–Kier alpha value is -2.17. The van der Waals surface area contributed by atoms with Crippen molar-refractivity contribution in [3.8, 4) is 11.3 Å². The van der Waals surface area contributed by atoms with Gasteiger partial charge in [-0.15, -0.1) is 0 Å². The molecule has 0 atom stereocenters. The minimum atomic E-state index is -0.970. The lowest BCUT2D eigenvalue weighted by molar-refractivity contribution is 0.0959. The van der Waals surface area contributed by atoms with Crippen molar-refractivity contribution in [1.82, 2.24) is 5.16 Å². The van der Waals surface area contributed by atoms with Gasteiger partial charge < -0.3 is 10.3 Å². The quantitative estimate of drug-likeness (QED) is 0.810. The van der Waals surface area contributed by atoms with Crippen LogP contribution in [0.15, 0.2) is 34.9 Å². The normalized spacial score (nSPS) is 10.2. The van der Waals surface area contributed by atoms with Crippen molar-refractivity contribution >= 4 is 5.91 Å². The number of hydrogen-bond acceptors (Lipinski definition) is 3. The number of carbonyl (C=O) groups excluding carboxylic acids is 1. The number of hydrogen-bond donors (Lipinski definition) is 1. The SMILES string of the molecule is NC(=O)c1onc(-c2ccccc2)c1F. The second kappa shape index (κ2) is 3.53. The monoisotopic (exact) mass is 206 g/mol. The Balaban J connectivity index is 2.52. The molecule has 0 aliphatic heterocycles. The van der Waals surface area contributed by atoms with Crippen molar-refractivity contribution in [3.05, 3.63) is 41.9 Å². The topological polar surface area (TPSA) is 69.1 Å². The Kier molecular flexibility index (Phi) is 2.21. The summed E-state index contributed by atoms with van der Waals surface area (Å²) < 4.78 is 18.0. The number of aromatic nitrogens is 1. The molecule has 1 heterocycles. The number of nitrogens with zero attached hydrogens (tertiary/aromatic N) is 1. The molecule has 0 saturated carbocycles. The zero-order valence-corrected chi connectivity index (χ0v) is 7.61. The van der Waals surface area contributed by atoms with Crippen LogP contribution in [-0.2, 0) is 0 Å². The largest absolute Gasteiger partial charge is 0.363 e. The van der Waals surface area contributed by atoms with Crippen molar-refractivity contribution in [3.63, 3.8) is 0 Å². The number of rotatable bonds is 2. The number of amides is 1. The van der Waals surface area contributed by atoms with Crippen molar-refractivity contribution < 1.29 is 13.7 Å². The maximum atomic E-state index is 13.5. The average Bonchev–Trinajstić information content (AvgIpc) is 2.61. The van der Waals surface area contributed by atoms with Crippen LogP contribution >= 0.6 is 0 Å². The van der Waals surface area contributed by atoms with E-state index in [-0.39, 0.29) is 5.69 Å². The van der Waals surface area contributed by atoms with Gasteiger partial charge in [-0.05, 0) is 0 Å². The summed E-state index contributed by atoms with van der Waals surface area (Å²) in [5.74, 6) is -2.34. The summed E-state index contributed by atoms with van der Waals surface area (Å²) in [4.78, 5) is 10.7. The maximum absolute atomic E-state index is 13.5. The van der Waals surface area contributed by atoms with Gasteiger partial charge in [-0.25, -0.2) is 0 Å². The number of benzene rings is 1. The minimum Gasteiger partial charge on any atom is -0.363 e. The first kappa shape index (κ1) is 9.39. The average molecular weight is 206 g/mol. The van der Waals surface area contributed by atoms with Crippen LogP contribution in [0.4, 0.5) is 4.39 Å². The minimum absolute atomic E-state index is 0.00981. The molecule has 0 fully saturated rings. The second-order valence-electron chi connectivity index (χ2n) is 2.90. The van der Waals surface area contributed by atoms with Gasteiger partial charge in [0.2, 0.25) is 5.82 Å². The molecule has 5 heteroatoms. The van der Waals surface area contributed by atoms with E-state index in [2.05, 4.69) is 9.68 Å². The first-order valence-corrected chi connectivity index (χ1v) is 4.20. The Morgan fingerprint density at radius 3 is 2.53 bits per heavy atom. The van der Waals surface area contributed by atoms with Crippen LogP contribution in [0.1, 0.15) is 10.6 Å². The fourth-order valence-electron chi connectivity index (χ4n) is 1.21. The lowest BCUT2D eigenvalue weighted by Crippen LogP contribution is -2.11. The molecule has 15 heavy (non-hydrogen) atoms. The van der Waals surface area contributed by atoms with Gasteiger partial charge in [-0.1, -0.05) is 35.5 Å². The van der Waals surface area contributed by atoms with E-state index in [1.165, 1.54) is 0 Å². The molecule has 0 aliphatic rings. The van der Waals surface area contributed by atoms with Gasteiger partial charge in [0.15, 0.2) is 5.69 Å². The second-order valence-corrected chi connectivity index (χ2v) is 2.90. The predicted molar refractivity (Wildman–Crippen MR) is 50.4 cm³/mol. The summed E-state index contributed by atoms with van der Waals surface area (Å²) in [6.07, 6.45) is 0. The van der Waals surface area contributed by atoms with Gasteiger partial charge in [-0.2, -0.15) is 4.39 Å². The highest BCUT2D eigenvalue weighted by Gasteiger charge is 2.20. The molecule has 76 valence electrons. The summed E-state index contributed by atoms with van der Waals surface area (Å²) in [6.45, 7) is 0. The smallest absolute Gasteiger partial charge is 0.290 e. The molecule has 2 aromatic rings. The summed E-state index contributed by atoms with van der Waals surface area (Å²) in [5.41, 5.74) is 5.42. The van der Waals surface area contributed by atoms with Gasteiger partial charge >= 0.3 is 0 Å². The van der Waals surface area contributed by atoms with Crippen LogP contribution in [0.25, 0.3) is 11.3 Å². The third-order valence-corrected chi connectivity index (χ3v) is 1.91. The van der Waals surface area contributed by atoms with E-state index in [1.54, 1.807) is 30.3 Å². The van der Waals surface area contributed by atoms with Crippen LogP contribution in [0.5, 0.6) is 0 Å². The molecule has 0 aliphatic carbocycles. The van der Waals surface area contributed by atoms with Crippen LogP contribution in [0, 0.1) is 5.82 Å². The van der Waals surface area contributed by atoms with Crippen LogP contribution in [-0.4, -0.2) is 11.1 Å². The summed E-state index contributed by atoms with van der Waals surface area (Å²) in [5, 5.41) is 3.46. The Morgan fingerprint density at radius 1 is 1.33 bits per heavy atom. The molecule has 0 unspecified atom stereocenters. The summed E-state index contributed by atoms with van der Waals surface area (Å²) in [7, 11) is 0. The number of primary amides is 1. The van der Waals surface area contributed by atoms with Crippen LogP contribution in [0.3, 0.4) is 0 Å². The number of carbonyl (C=O) groups is 1. The van der Waals surface area contributed by atoms with Crippen molar-refractivity contribution in [1.29, 1.82) is 0 Å². The first-order chi connectivity index (χ1) is 7.20. The molecule has 0 radical (unpaired) electrons. The highest BCUT2D eigenvalue weighted by molar-refractivity contribution is 5.91. The highest BCUT2D eigenvalue weighted by Crippen LogP contribution is 2.23. The lowest BCUT2D eigenvalue weighted by atomic mass is 10.1. The van der Waals surface area contributed by atoms with Crippen LogP contribution < -0.4 is 5.73 Å². The lowest BCUT2D eigenvalue weighted by Gasteiger charge is -1.93. The third kappa shape index (κ3) is 1.59. The Labute approximate surface area is 84.5 Å². The molecule has 2 rings (SSSR count). The molecule has 1 aromatic heterocycles. The van der Waals surface area contributed by atoms with E-state index < -0.39 is 17.5 Å². The van der Waals surface area contributed by atoms with E-state index in [1.807, 2.05) is 0 Å². The molecule has 0 spiro atoms. The highest BCUT2D eigenvalue weighted by atomic mass is 19.1. The fourth-order valence-corrected chi connectivity index (χ4v) is 1.21. The van der Waals surface area contributed by atoms with Gasteiger partial charge in [0.25, 0.3) is 11.7 Å². The van der Waals surface area contributed by atoms with E-state index in [4.69, 9.17) is 5.73 Å². The van der Waals surface area contributed by atoms with Crippen molar-refractivity contribution in [2.45, 2.75) is 0 Å². The van der Waals surface area contributed by atoms with E-state index in [9.17, 15) is 9.18 Å². The molecule has 0 bridgehead atoms. The number of halogens is 1. The Morgan fingerprint density at radius 2 is 2.00 bits per heavy atom. The number of nitrogens with two attached hydrogens (primary N) is 1. The molecule has 2 N–H and O–H groups in total. The summed E-state index contributed by atoms with van der Waals surface area (Å²) in [6, 6.07) is 8.56.